The molecule has 2 N–H and O–H groups in total. The van der Waals surface area contributed by atoms with E-state index in [0.29, 0.717) is 31.2 Å². The minimum atomic E-state index is -1.30. The van der Waals surface area contributed by atoms with Gasteiger partial charge in [-0.25, -0.2) is 8.78 Å². The fourth-order valence-corrected chi connectivity index (χ4v) is 4.86. The molecule has 36 heavy (non-hydrogen) atoms. The second-order valence-corrected chi connectivity index (χ2v) is 9.10. The molecule has 0 aliphatic carbocycles. The van der Waals surface area contributed by atoms with Gasteiger partial charge in [-0.05, 0) is 24.6 Å². The zero-order valence-electron chi connectivity index (χ0n) is 19.6. The maximum atomic E-state index is 14.0. The first kappa shape index (κ1) is 23.8. The van der Waals surface area contributed by atoms with Gasteiger partial charge in [0.1, 0.15) is 23.2 Å². The molecule has 2 aromatic rings. The van der Waals surface area contributed by atoms with Crippen LogP contribution in [0.3, 0.4) is 0 Å². The van der Waals surface area contributed by atoms with Gasteiger partial charge < -0.3 is 29.5 Å². The Morgan fingerprint density at radius 1 is 1.33 bits per heavy atom. The van der Waals surface area contributed by atoms with Crippen LogP contribution in [0.15, 0.2) is 34.3 Å². The second kappa shape index (κ2) is 8.61. The molecule has 1 saturated heterocycles. The van der Waals surface area contributed by atoms with Crippen molar-refractivity contribution in [3.05, 3.63) is 63.1 Å². The van der Waals surface area contributed by atoms with Crippen molar-refractivity contribution in [2.75, 3.05) is 6.54 Å². The minimum Gasteiger partial charge on any atom is -0.503 e. The first-order chi connectivity index (χ1) is 17.1. The molecule has 1 spiro atoms. The molecule has 3 unspecified atom stereocenters. The third-order valence-electron chi connectivity index (χ3n) is 6.92. The summed E-state index contributed by atoms with van der Waals surface area (Å²) < 4.78 is 34.6. The van der Waals surface area contributed by atoms with Gasteiger partial charge in [-0.1, -0.05) is 13.0 Å². The lowest BCUT2D eigenvalue weighted by Crippen LogP contribution is -2.53. The maximum absolute atomic E-state index is 14.0. The molecule has 5 rings (SSSR count). The SMILES string of the molecule is CCC1=NOC2(CCC(C)N3CC2n2cc(C(=O)NCc4ccc(F)cc4F)c(=O)c(O)c2C3=O)O1. The Kier molecular flexibility index (Phi) is 5.68. The topological polar surface area (TPSA) is 122 Å². The van der Waals surface area contributed by atoms with Gasteiger partial charge in [-0.15, -0.1) is 0 Å². The number of hydrogen-bond donors (Lipinski definition) is 2. The minimum absolute atomic E-state index is 0.00608. The van der Waals surface area contributed by atoms with Crippen molar-refractivity contribution in [1.82, 2.24) is 14.8 Å². The molecule has 1 aromatic heterocycles. The predicted octanol–water partition coefficient (Wildman–Crippen LogP) is 2.41. The number of oxime groups is 1. The van der Waals surface area contributed by atoms with Gasteiger partial charge in [-0.3, -0.25) is 14.4 Å². The number of hydrogen-bond acceptors (Lipinski definition) is 7. The lowest BCUT2D eigenvalue weighted by Gasteiger charge is -2.40. The van der Waals surface area contributed by atoms with Gasteiger partial charge in [0, 0.05) is 49.8 Å². The van der Waals surface area contributed by atoms with E-state index in [-0.39, 0.29) is 30.4 Å². The van der Waals surface area contributed by atoms with E-state index < -0.39 is 52.0 Å². The summed E-state index contributed by atoms with van der Waals surface area (Å²) in [4.78, 5) is 46.4. The van der Waals surface area contributed by atoms with E-state index in [1.54, 1.807) is 4.90 Å². The standard InChI is InChI=1S/C24H24F2N4O6/c1-3-18-28-36-24(35-18)7-6-12(2)29-11-17(24)30-10-15(20(31)21(32)19(30)23(29)34)22(33)27-9-13-4-5-14(25)8-16(13)26/h4-5,8,10,12,17,32H,3,6-7,9,11H2,1-2H3,(H,27,33). The zero-order chi connectivity index (χ0) is 25.8. The molecule has 4 heterocycles. The molecule has 12 heteroatoms. The average molecular weight is 502 g/mol. The van der Waals surface area contributed by atoms with Crippen LogP contribution < -0.4 is 10.7 Å². The lowest BCUT2D eigenvalue weighted by molar-refractivity contribution is -0.195. The molecule has 10 nitrogen and oxygen atoms in total. The number of pyridine rings is 1. The first-order valence-electron chi connectivity index (χ1n) is 11.6. The number of benzene rings is 1. The van der Waals surface area contributed by atoms with Gasteiger partial charge in [0.05, 0.1) is 0 Å². The number of halogens is 2. The van der Waals surface area contributed by atoms with E-state index in [0.717, 1.165) is 6.07 Å². The average Bonchev–Trinajstić information content (AvgIpc) is 3.23. The monoisotopic (exact) mass is 502 g/mol. The van der Waals surface area contributed by atoms with Gasteiger partial charge in [0.15, 0.2) is 11.4 Å². The molecule has 2 bridgehead atoms. The normalized spacial score (nSPS) is 24.5. The summed E-state index contributed by atoms with van der Waals surface area (Å²) >= 11 is 0. The Labute approximate surface area is 204 Å². The molecular formula is C24H24F2N4O6. The van der Waals surface area contributed by atoms with Crippen molar-refractivity contribution in [2.24, 2.45) is 5.16 Å². The summed E-state index contributed by atoms with van der Waals surface area (Å²) in [6.07, 6.45) is 2.54. The number of fused-ring (bicyclic) bond motifs is 5. The van der Waals surface area contributed by atoms with Crippen molar-refractivity contribution in [1.29, 1.82) is 0 Å². The van der Waals surface area contributed by atoms with Crippen LogP contribution >= 0.6 is 0 Å². The van der Waals surface area contributed by atoms with Gasteiger partial charge in [0.2, 0.25) is 11.3 Å². The molecule has 0 saturated carbocycles. The number of aromatic nitrogens is 1. The van der Waals surface area contributed by atoms with Crippen molar-refractivity contribution in [3.63, 3.8) is 0 Å². The van der Waals surface area contributed by atoms with Gasteiger partial charge >= 0.3 is 0 Å². The van der Waals surface area contributed by atoms with E-state index in [1.165, 1.54) is 16.8 Å². The quantitative estimate of drug-likeness (QED) is 0.662. The van der Waals surface area contributed by atoms with Crippen molar-refractivity contribution in [2.45, 2.75) is 57.5 Å². The van der Waals surface area contributed by atoms with Crippen LogP contribution in [0, 0.1) is 11.6 Å². The van der Waals surface area contributed by atoms with E-state index in [1.807, 2.05) is 13.8 Å². The zero-order valence-corrected chi connectivity index (χ0v) is 19.6. The summed E-state index contributed by atoms with van der Waals surface area (Å²) in [6, 6.07) is 1.94. The number of amides is 2. The fourth-order valence-electron chi connectivity index (χ4n) is 4.86. The van der Waals surface area contributed by atoms with Crippen molar-refractivity contribution in [3.8, 4) is 5.75 Å². The van der Waals surface area contributed by atoms with Gasteiger partial charge in [0.25, 0.3) is 17.6 Å². The fraction of sp³-hybridized carbons (Fsp3) is 0.417. The Morgan fingerprint density at radius 2 is 2.11 bits per heavy atom. The van der Waals surface area contributed by atoms with Crippen LogP contribution in [0.4, 0.5) is 8.78 Å². The lowest BCUT2D eigenvalue weighted by atomic mass is 9.99. The highest BCUT2D eigenvalue weighted by Gasteiger charge is 2.56. The summed E-state index contributed by atoms with van der Waals surface area (Å²) in [6.45, 7) is 3.51. The molecule has 3 aliphatic rings. The third-order valence-corrected chi connectivity index (χ3v) is 6.92. The van der Waals surface area contributed by atoms with Crippen LogP contribution in [-0.4, -0.2) is 50.7 Å². The van der Waals surface area contributed by atoms with Crippen LogP contribution in [-0.2, 0) is 16.1 Å². The summed E-state index contributed by atoms with van der Waals surface area (Å²) in [5, 5.41) is 17.2. The van der Waals surface area contributed by atoms with Crippen LogP contribution in [0.1, 0.15) is 65.6 Å². The Morgan fingerprint density at radius 3 is 2.81 bits per heavy atom. The molecule has 3 atom stereocenters. The number of carbonyl (C=O) groups is 2. The largest absolute Gasteiger partial charge is 0.503 e. The second-order valence-electron chi connectivity index (χ2n) is 9.10. The Balaban J connectivity index is 1.54. The van der Waals surface area contributed by atoms with Crippen LogP contribution in [0.2, 0.25) is 0 Å². The third kappa shape index (κ3) is 3.67. The highest BCUT2D eigenvalue weighted by Crippen LogP contribution is 2.45. The van der Waals surface area contributed by atoms with Crippen LogP contribution in [0.5, 0.6) is 5.75 Å². The van der Waals surface area contributed by atoms with E-state index in [2.05, 4.69) is 10.5 Å². The molecular weight excluding hydrogens is 478 g/mol. The number of aromatic hydroxyl groups is 1. The number of nitrogens with one attached hydrogen (secondary N) is 1. The highest BCUT2D eigenvalue weighted by molar-refractivity contribution is 5.99. The van der Waals surface area contributed by atoms with Gasteiger partial charge in [-0.2, -0.15) is 0 Å². The van der Waals surface area contributed by atoms with E-state index in [9.17, 15) is 28.3 Å². The molecule has 3 aliphatic heterocycles. The van der Waals surface area contributed by atoms with E-state index in [4.69, 9.17) is 9.57 Å². The smallest absolute Gasteiger partial charge is 0.299 e. The molecule has 190 valence electrons. The Hall–Kier alpha value is -3.96. The number of carbonyl (C=O) groups excluding carboxylic acids is 2. The van der Waals surface area contributed by atoms with Crippen molar-refractivity contribution >= 4 is 17.7 Å². The van der Waals surface area contributed by atoms with E-state index >= 15 is 0 Å². The Bertz CT molecular complexity index is 1360. The number of nitrogens with zero attached hydrogens (tertiary/aromatic N) is 3. The molecule has 1 fully saturated rings. The molecule has 0 radical (unpaired) electrons. The first-order valence-corrected chi connectivity index (χ1v) is 11.6. The summed E-state index contributed by atoms with van der Waals surface area (Å²) in [5.41, 5.74) is -1.77. The predicted molar refractivity (Wildman–Crippen MR) is 121 cm³/mol. The number of ether oxygens (including phenoxy) is 1. The number of rotatable bonds is 4. The highest BCUT2D eigenvalue weighted by atomic mass is 19.1. The van der Waals surface area contributed by atoms with Crippen molar-refractivity contribution < 1.29 is 33.1 Å². The summed E-state index contributed by atoms with van der Waals surface area (Å²) in [5.74, 6) is -4.89. The summed E-state index contributed by atoms with van der Waals surface area (Å²) in [7, 11) is 0. The van der Waals surface area contributed by atoms with Crippen LogP contribution in [0.25, 0.3) is 0 Å². The molecule has 1 aromatic carbocycles. The molecule has 2 amide bonds. The maximum Gasteiger partial charge on any atom is 0.299 e.